The lowest BCUT2D eigenvalue weighted by atomic mass is 10.3. The Labute approximate surface area is 134 Å². The summed E-state index contributed by atoms with van der Waals surface area (Å²) in [6, 6.07) is 10.0. The molecule has 0 aliphatic heterocycles. The van der Waals surface area contributed by atoms with Crippen LogP contribution in [0.15, 0.2) is 47.1 Å². The maximum absolute atomic E-state index is 11.8. The molecule has 1 aromatic heterocycles. The van der Waals surface area contributed by atoms with Gasteiger partial charge < -0.3 is 19.8 Å². The summed E-state index contributed by atoms with van der Waals surface area (Å²) in [5, 5.41) is 5.48. The minimum Gasteiger partial charge on any atom is -0.484 e. The Balaban J connectivity index is 1.78. The molecule has 6 heteroatoms. The molecule has 0 saturated carbocycles. The van der Waals surface area contributed by atoms with Crippen LogP contribution in [0.4, 0.5) is 5.69 Å². The van der Waals surface area contributed by atoms with Crippen LogP contribution in [-0.4, -0.2) is 25.0 Å². The fourth-order valence-corrected chi connectivity index (χ4v) is 1.84. The first-order valence-electron chi connectivity index (χ1n) is 7.53. The molecule has 0 spiro atoms. The third-order valence-electron chi connectivity index (χ3n) is 3.08. The standard InChI is InChI=1S/C17H20N2O4/c1-2-3-10-18-16(20)12-23-14-8-6-13(7-9-14)19-17(21)15-5-4-11-22-15/h4-9,11H,2-3,10,12H2,1H3,(H,18,20)(H,19,21). The van der Waals surface area contributed by atoms with E-state index in [0.717, 1.165) is 12.8 Å². The molecule has 6 nitrogen and oxygen atoms in total. The van der Waals surface area contributed by atoms with E-state index < -0.39 is 0 Å². The van der Waals surface area contributed by atoms with E-state index in [1.807, 2.05) is 0 Å². The van der Waals surface area contributed by atoms with Crippen LogP contribution in [0, 0.1) is 0 Å². The molecular weight excluding hydrogens is 296 g/mol. The van der Waals surface area contributed by atoms with E-state index in [1.165, 1.54) is 6.26 Å². The van der Waals surface area contributed by atoms with Gasteiger partial charge in [-0.15, -0.1) is 0 Å². The zero-order valence-electron chi connectivity index (χ0n) is 13.0. The van der Waals surface area contributed by atoms with E-state index >= 15 is 0 Å². The van der Waals surface area contributed by atoms with Crippen molar-refractivity contribution in [2.75, 3.05) is 18.5 Å². The molecule has 2 rings (SSSR count). The highest BCUT2D eigenvalue weighted by Crippen LogP contribution is 2.16. The topological polar surface area (TPSA) is 80.6 Å². The number of hydrogen-bond acceptors (Lipinski definition) is 4. The molecule has 0 atom stereocenters. The normalized spacial score (nSPS) is 10.1. The first-order valence-corrected chi connectivity index (χ1v) is 7.53. The largest absolute Gasteiger partial charge is 0.484 e. The van der Waals surface area contributed by atoms with Crippen LogP contribution in [0.25, 0.3) is 0 Å². The second-order valence-electron chi connectivity index (χ2n) is 4.95. The quantitative estimate of drug-likeness (QED) is 0.734. The van der Waals surface area contributed by atoms with Crippen LogP contribution in [0.3, 0.4) is 0 Å². The summed E-state index contributed by atoms with van der Waals surface area (Å²) >= 11 is 0. The number of rotatable bonds is 8. The van der Waals surface area contributed by atoms with Gasteiger partial charge in [-0.2, -0.15) is 0 Å². The van der Waals surface area contributed by atoms with E-state index in [2.05, 4.69) is 17.6 Å². The molecule has 0 unspecified atom stereocenters. The fourth-order valence-electron chi connectivity index (χ4n) is 1.84. The molecule has 1 aromatic carbocycles. The van der Waals surface area contributed by atoms with Crippen LogP contribution in [0.1, 0.15) is 30.3 Å². The lowest BCUT2D eigenvalue weighted by molar-refractivity contribution is -0.123. The zero-order valence-corrected chi connectivity index (χ0v) is 13.0. The number of carbonyl (C=O) groups is 2. The van der Waals surface area contributed by atoms with Crippen molar-refractivity contribution in [3.05, 3.63) is 48.4 Å². The van der Waals surface area contributed by atoms with E-state index in [1.54, 1.807) is 36.4 Å². The minimum atomic E-state index is -0.320. The molecule has 23 heavy (non-hydrogen) atoms. The number of benzene rings is 1. The number of hydrogen-bond donors (Lipinski definition) is 2. The summed E-state index contributed by atoms with van der Waals surface area (Å²) in [5.74, 6) is 0.341. The monoisotopic (exact) mass is 316 g/mol. The number of anilines is 1. The van der Waals surface area contributed by atoms with Crippen molar-refractivity contribution in [2.45, 2.75) is 19.8 Å². The molecular formula is C17H20N2O4. The fraction of sp³-hybridized carbons (Fsp3) is 0.294. The summed E-state index contributed by atoms with van der Waals surface area (Å²) in [5.41, 5.74) is 0.617. The number of nitrogens with one attached hydrogen (secondary N) is 2. The minimum absolute atomic E-state index is 0.0260. The molecule has 0 fully saturated rings. The first-order chi connectivity index (χ1) is 11.2. The summed E-state index contributed by atoms with van der Waals surface area (Å²) < 4.78 is 10.4. The Morgan fingerprint density at radius 2 is 1.96 bits per heavy atom. The van der Waals surface area contributed by atoms with Crippen LogP contribution in [0.5, 0.6) is 5.75 Å². The molecule has 0 saturated heterocycles. The second-order valence-corrected chi connectivity index (χ2v) is 4.95. The number of unbranched alkanes of at least 4 members (excludes halogenated alkanes) is 1. The maximum atomic E-state index is 11.8. The number of furan rings is 1. The van der Waals surface area contributed by atoms with Gasteiger partial charge in [-0.3, -0.25) is 9.59 Å². The Hall–Kier alpha value is -2.76. The van der Waals surface area contributed by atoms with Gasteiger partial charge in [0.2, 0.25) is 0 Å². The van der Waals surface area contributed by atoms with Gasteiger partial charge >= 0.3 is 0 Å². The summed E-state index contributed by atoms with van der Waals surface area (Å²) in [7, 11) is 0. The van der Waals surface area contributed by atoms with Gasteiger partial charge in [0.05, 0.1) is 6.26 Å². The van der Waals surface area contributed by atoms with E-state index in [0.29, 0.717) is 18.0 Å². The Kier molecular flexibility index (Phi) is 6.23. The number of ether oxygens (including phenoxy) is 1. The van der Waals surface area contributed by atoms with Gasteiger partial charge in [-0.25, -0.2) is 0 Å². The molecule has 2 aromatic rings. The molecule has 2 amide bonds. The van der Waals surface area contributed by atoms with Crippen LogP contribution in [0.2, 0.25) is 0 Å². The van der Waals surface area contributed by atoms with Gasteiger partial charge in [-0.05, 0) is 42.8 Å². The lowest BCUT2D eigenvalue weighted by Crippen LogP contribution is -2.29. The van der Waals surface area contributed by atoms with Crippen molar-refractivity contribution in [2.24, 2.45) is 0 Å². The van der Waals surface area contributed by atoms with Gasteiger partial charge in [0, 0.05) is 12.2 Å². The van der Waals surface area contributed by atoms with Crippen molar-refractivity contribution in [1.82, 2.24) is 5.32 Å². The maximum Gasteiger partial charge on any atom is 0.291 e. The summed E-state index contributed by atoms with van der Waals surface area (Å²) in [6.45, 7) is 2.70. The third kappa shape index (κ3) is 5.50. The molecule has 2 N–H and O–H groups in total. The first kappa shape index (κ1) is 16.6. The van der Waals surface area contributed by atoms with Gasteiger partial charge in [0.15, 0.2) is 12.4 Å². The molecule has 122 valence electrons. The highest BCUT2D eigenvalue weighted by molar-refractivity contribution is 6.02. The SMILES string of the molecule is CCCCNC(=O)COc1ccc(NC(=O)c2ccco2)cc1. The van der Waals surface area contributed by atoms with Crippen molar-refractivity contribution < 1.29 is 18.7 Å². The van der Waals surface area contributed by atoms with Crippen molar-refractivity contribution in [3.63, 3.8) is 0 Å². The van der Waals surface area contributed by atoms with Crippen molar-refractivity contribution in [3.8, 4) is 5.75 Å². The summed E-state index contributed by atoms with van der Waals surface area (Å²) in [6.07, 6.45) is 3.43. The predicted octanol–water partition coefficient (Wildman–Crippen LogP) is 2.83. The highest BCUT2D eigenvalue weighted by Gasteiger charge is 2.08. The van der Waals surface area contributed by atoms with Crippen molar-refractivity contribution in [1.29, 1.82) is 0 Å². The Bertz CT molecular complexity index is 621. The van der Waals surface area contributed by atoms with E-state index in [9.17, 15) is 9.59 Å². The smallest absolute Gasteiger partial charge is 0.291 e. The molecule has 0 aliphatic rings. The number of carbonyl (C=O) groups excluding carboxylic acids is 2. The lowest BCUT2D eigenvalue weighted by Gasteiger charge is -2.08. The second kappa shape index (κ2) is 8.63. The average molecular weight is 316 g/mol. The van der Waals surface area contributed by atoms with Crippen molar-refractivity contribution >= 4 is 17.5 Å². The van der Waals surface area contributed by atoms with Crippen LogP contribution < -0.4 is 15.4 Å². The van der Waals surface area contributed by atoms with Gasteiger partial charge in [0.25, 0.3) is 11.8 Å². The molecule has 0 aliphatic carbocycles. The van der Waals surface area contributed by atoms with Gasteiger partial charge in [-0.1, -0.05) is 13.3 Å². The molecule has 0 bridgehead atoms. The van der Waals surface area contributed by atoms with Gasteiger partial charge in [0.1, 0.15) is 5.75 Å². The summed E-state index contributed by atoms with van der Waals surface area (Å²) in [4.78, 5) is 23.3. The third-order valence-corrected chi connectivity index (χ3v) is 3.08. The molecule has 0 radical (unpaired) electrons. The zero-order chi connectivity index (χ0) is 16.5. The van der Waals surface area contributed by atoms with E-state index in [4.69, 9.17) is 9.15 Å². The van der Waals surface area contributed by atoms with Crippen LogP contribution in [-0.2, 0) is 4.79 Å². The highest BCUT2D eigenvalue weighted by atomic mass is 16.5. The Morgan fingerprint density at radius 1 is 1.17 bits per heavy atom. The van der Waals surface area contributed by atoms with E-state index in [-0.39, 0.29) is 24.2 Å². The molecule has 1 heterocycles. The van der Waals surface area contributed by atoms with Crippen LogP contribution >= 0.6 is 0 Å². The number of amides is 2. The Morgan fingerprint density at radius 3 is 2.61 bits per heavy atom. The predicted molar refractivity (Wildman–Crippen MR) is 86.5 cm³/mol. The average Bonchev–Trinajstić information content (AvgIpc) is 3.09.